The molecule has 0 radical (unpaired) electrons. The Bertz CT molecular complexity index is 650. The zero-order chi connectivity index (χ0) is 17.4. The number of hydrogen-bond donors (Lipinski definition) is 2. The predicted molar refractivity (Wildman–Crippen MR) is 92.2 cm³/mol. The molecule has 4 aliphatic rings. The first-order chi connectivity index (χ1) is 12.0. The first-order valence-corrected chi connectivity index (χ1v) is 9.77. The Labute approximate surface area is 150 Å². The highest BCUT2D eigenvalue weighted by molar-refractivity contribution is 7.08. The number of ether oxygens (including phenoxy) is 1. The van der Waals surface area contributed by atoms with Crippen LogP contribution in [0.3, 0.4) is 0 Å². The quantitative estimate of drug-likeness (QED) is 0.807. The molecule has 6 nitrogen and oxygen atoms in total. The van der Waals surface area contributed by atoms with Gasteiger partial charge >= 0.3 is 12.0 Å². The summed E-state index contributed by atoms with van der Waals surface area (Å²) in [5, 5.41) is 8.77. The summed E-state index contributed by atoms with van der Waals surface area (Å²) in [6, 6.07) is 1.16. The average Bonchev–Trinajstić information content (AvgIpc) is 3.05. The zero-order valence-corrected chi connectivity index (χ0v) is 14.8. The molecule has 4 aliphatic carbocycles. The summed E-state index contributed by atoms with van der Waals surface area (Å²) >= 11 is 1.38. The molecule has 7 heteroatoms. The van der Waals surface area contributed by atoms with E-state index in [0.29, 0.717) is 23.3 Å². The number of amides is 3. The van der Waals surface area contributed by atoms with Gasteiger partial charge in [-0.1, -0.05) is 0 Å². The highest BCUT2D eigenvalue weighted by Gasteiger charge is 2.51. The van der Waals surface area contributed by atoms with Crippen LogP contribution in [0.5, 0.6) is 0 Å². The van der Waals surface area contributed by atoms with E-state index in [-0.39, 0.29) is 5.54 Å². The van der Waals surface area contributed by atoms with Gasteiger partial charge in [0.15, 0.2) is 6.61 Å². The summed E-state index contributed by atoms with van der Waals surface area (Å²) in [7, 11) is 0. The molecular formula is C18H22N2O4S. The van der Waals surface area contributed by atoms with Crippen LogP contribution in [0.1, 0.15) is 48.9 Å². The van der Waals surface area contributed by atoms with Crippen LogP contribution in [0.4, 0.5) is 4.79 Å². The molecule has 1 heterocycles. The lowest BCUT2D eigenvalue weighted by molar-refractivity contribution is -0.123. The summed E-state index contributed by atoms with van der Waals surface area (Å²) in [6.45, 7) is -0.455. The summed E-state index contributed by atoms with van der Waals surface area (Å²) in [5.74, 6) is 0.986. The summed E-state index contributed by atoms with van der Waals surface area (Å²) in [5.41, 5.74) is 0.266. The monoisotopic (exact) mass is 362 g/mol. The van der Waals surface area contributed by atoms with Gasteiger partial charge in [0.1, 0.15) is 0 Å². The van der Waals surface area contributed by atoms with Gasteiger partial charge in [0, 0.05) is 10.9 Å². The third-order valence-corrected chi connectivity index (χ3v) is 6.44. The lowest BCUT2D eigenvalue weighted by Gasteiger charge is -2.56. The number of esters is 1. The molecule has 4 saturated carbocycles. The number of hydrogen-bond acceptors (Lipinski definition) is 5. The van der Waals surface area contributed by atoms with E-state index < -0.39 is 24.5 Å². The fourth-order valence-corrected chi connectivity index (χ4v) is 5.92. The predicted octanol–water partition coefficient (Wildman–Crippen LogP) is 2.70. The van der Waals surface area contributed by atoms with Crippen molar-refractivity contribution in [1.29, 1.82) is 0 Å². The van der Waals surface area contributed by atoms with Gasteiger partial charge in [0.05, 0.1) is 5.56 Å². The van der Waals surface area contributed by atoms with Crippen LogP contribution in [-0.2, 0) is 9.53 Å². The average molecular weight is 362 g/mol. The highest BCUT2D eigenvalue weighted by atomic mass is 32.1. The molecule has 0 unspecified atom stereocenters. The Morgan fingerprint density at radius 1 is 1.12 bits per heavy atom. The normalized spacial score (nSPS) is 32.2. The molecule has 3 amide bonds. The van der Waals surface area contributed by atoms with Crippen LogP contribution >= 0.6 is 11.3 Å². The minimum atomic E-state index is -0.606. The van der Waals surface area contributed by atoms with Crippen molar-refractivity contribution in [2.24, 2.45) is 17.8 Å². The van der Waals surface area contributed by atoms with Gasteiger partial charge in [-0.05, 0) is 67.7 Å². The van der Waals surface area contributed by atoms with Gasteiger partial charge in [0.25, 0.3) is 5.91 Å². The third-order valence-electron chi connectivity index (χ3n) is 5.76. The van der Waals surface area contributed by atoms with Crippen molar-refractivity contribution in [2.45, 2.75) is 44.1 Å². The molecule has 5 rings (SSSR count). The fourth-order valence-electron chi connectivity index (χ4n) is 5.29. The molecule has 2 N–H and O–H groups in total. The lowest BCUT2D eigenvalue weighted by Crippen LogP contribution is -2.62. The van der Waals surface area contributed by atoms with E-state index in [2.05, 4.69) is 10.6 Å². The fraction of sp³-hybridized carbons (Fsp3) is 0.611. The summed E-state index contributed by atoms with van der Waals surface area (Å²) in [6.07, 6.45) is 6.94. The number of carbonyl (C=O) groups is 3. The molecule has 0 spiro atoms. The van der Waals surface area contributed by atoms with Crippen LogP contribution < -0.4 is 10.6 Å². The molecule has 0 aromatic carbocycles. The van der Waals surface area contributed by atoms with Gasteiger partial charge < -0.3 is 10.1 Å². The Hall–Kier alpha value is -1.89. The second-order valence-electron chi connectivity index (χ2n) is 7.79. The molecule has 25 heavy (non-hydrogen) atoms. The third kappa shape index (κ3) is 3.56. The molecule has 4 bridgehead atoms. The van der Waals surface area contributed by atoms with Crippen molar-refractivity contribution in [3.63, 3.8) is 0 Å². The van der Waals surface area contributed by atoms with Gasteiger partial charge in [0.2, 0.25) is 0 Å². The van der Waals surface area contributed by atoms with Crippen LogP contribution in [-0.4, -0.2) is 30.1 Å². The smallest absolute Gasteiger partial charge is 0.339 e. The van der Waals surface area contributed by atoms with E-state index in [0.717, 1.165) is 19.3 Å². The van der Waals surface area contributed by atoms with Crippen LogP contribution in [0.25, 0.3) is 0 Å². The van der Waals surface area contributed by atoms with Crippen molar-refractivity contribution >= 4 is 29.2 Å². The summed E-state index contributed by atoms with van der Waals surface area (Å²) < 4.78 is 4.92. The standard InChI is InChI=1S/C18H22N2O4S/c21-15(9-24-16(22)14-1-2-25-10-14)19-17(23)20-18-6-11-3-12(7-18)5-13(4-11)8-18/h1-2,10-13H,3-9H2,(H2,19,20,21,23). The molecule has 134 valence electrons. The van der Waals surface area contributed by atoms with Gasteiger partial charge in [-0.3, -0.25) is 10.1 Å². The van der Waals surface area contributed by atoms with Crippen molar-refractivity contribution < 1.29 is 19.1 Å². The lowest BCUT2D eigenvalue weighted by atomic mass is 9.53. The van der Waals surface area contributed by atoms with Crippen LogP contribution in [0.15, 0.2) is 16.8 Å². The molecule has 0 saturated heterocycles. The first kappa shape index (κ1) is 16.6. The maximum atomic E-state index is 12.2. The molecule has 0 atom stereocenters. The number of thiophene rings is 1. The number of imide groups is 1. The first-order valence-electron chi connectivity index (χ1n) is 8.83. The Balaban J connectivity index is 1.26. The summed E-state index contributed by atoms with van der Waals surface area (Å²) in [4.78, 5) is 35.8. The Morgan fingerprint density at radius 3 is 2.32 bits per heavy atom. The van der Waals surface area contributed by atoms with Crippen molar-refractivity contribution in [3.05, 3.63) is 22.4 Å². The van der Waals surface area contributed by atoms with Crippen LogP contribution in [0.2, 0.25) is 0 Å². The van der Waals surface area contributed by atoms with E-state index in [4.69, 9.17) is 4.74 Å². The second-order valence-corrected chi connectivity index (χ2v) is 8.57. The van der Waals surface area contributed by atoms with Crippen LogP contribution in [0, 0.1) is 17.8 Å². The van der Waals surface area contributed by atoms with Gasteiger partial charge in [-0.25, -0.2) is 9.59 Å². The van der Waals surface area contributed by atoms with Crippen molar-refractivity contribution in [2.75, 3.05) is 6.61 Å². The Morgan fingerprint density at radius 2 is 1.76 bits per heavy atom. The van der Waals surface area contributed by atoms with Gasteiger partial charge in [-0.15, -0.1) is 0 Å². The maximum Gasteiger partial charge on any atom is 0.339 e. The van der Waals surface area contributed by atoms with E-state index in [1.807, 2.05) is 0 Å². The van der Waals surface area contributed by atoms with Crippen molar-refractivity contribution in [3.8, 4) is 0 Å². The Kier molecular flexibility index (Phi) is 4.27. The number of nitrogens with one attached hydrogen (secondary N) is 2. The second kappa shape index (κ2) is 6.44. The van der Waals surface area contributed by atoms with Crippen molar-refractivity contribution in [1.82, 2.24) is 10.6 Å². The maximum absolute atomic E-state index is 12.2. The zero-order valence-electron chi connectivity index (χ0n) is 14.0. The minimum Gasteiger partial charge on any atom is -0.452 e. The molecule has 4 fully saturated rings. The minimum absolute atomic E-state index is 0.146. The SMILES string of the molecule is O=C(COC(=O)c1ccsc1)NC(=O)NC12CC3CC(CC(C3)C1)C2. The number of urea groups is 1. The molecule has 1 aromatic rings. The highest BCUT2D eigenvalue weighted by Crippen LogP contribution is 2.55. The largest absolute Gasteiger partial charge is 0.452 e. The van der Waals surface area contributed by atoms with E-state index >= 15 is 0 Å². The number of carbonyl (C=O) groups excluding carboxylic acids is 3. The van der Waals surface area contributed by atoms with E-state index in [1.54, 1.807) is 16.8 Å². The molecular weight excluding hydrogens is 340 g/mol. The number of rotatable bonds is 4. The topological polar surface area (TPSA) is 84.5 Å². The van der Waals surface area contributed by atoms with E-state index in [1.165, 1.54) is 30.6 Å². The van der Waals surface area contributed by atoms with Gasteiger partial charge in [-0.2, -0.15) is 11.3 Å². The van der Waals surface area contributed by atoms with E-state index in [9.17, 15) is 14.4 Å². The molecule has 1 aromatic heterocycles. The molecule has 0 aliphatic heterocycles.